The highest BCUT2D eigenvalue weighted by atomic mass is 35.5. The van der Waals surface area contributed by atoms with Gasteiger partial charge < -0.3 is 20.3 Å². The SMILES string of the molecule is CC(O)CCNCC(O)COCc1ccccc1Cl. The summed E-state index contributed by atoms with van der Waals surface area (Å²) in [4.78, 5) is 0. The minimum atomic E-state index is -0.559. The summed E-state index contributed by atoms with van der Waals surface area (Å²) in [5.41, 5.74) is 0.915. The molecule has 0 heterocycles. The monoisotopic (exact) mass is 287 g/mol. The highest BCUT2D eigenvalue weighted by Gasteiger charge is 2.05. The van der Waals surface area contributed by atoms with Gasteiger partial charge in [0.2, 0.25) is 0 Å². The topological polar surface area (TPSA) is 61.7 Å². The Morgan fingerprint density at radius 3 is 2.74 bits per heavy atom. The van der Waals surface area contributed by atoms with E-state index in [4.69, 9.17) is 21.4 Å². The number of nitrogens with one attached hydrogen (secondary N) is 1. The van der Waals surface area contributed by atoms with Gasteiger partial charge in [-0.2, -0.15) is 0 Å². The Labute approximate surface area is 119 Å². The van der Waals surface area contributed by atoms with Crippen LogP contribution in [-0.2, 0) is 11.3 Å². The van der Waals surface area contributed by atoms with Crippen LogP contribution >= 0.6 is 11.6 Å². The van der Waals surface area contributed by atoms with Gasteiger partial charge in [0.25, 0.3) is 0 Å². The van der Waals surface area contributed by atoms with Gasteiger partial charge in [0.15, 0.2) is 0 Å². The van der Waals surface area contributed by atoms with Gasteiger partial charge in [0, 0.05) is 11.6 Å². The van der Waals surface area contributed by atoms with Crippen molar-refractivity contribution in [1.82, 2.24) is 5.32 Å². The molecule has 1 aromatic carbocycles. The zero-order valence-corrected chi connectivity index (χ0v) is 11.9. The van der Waals surface area contributed by atoms with E-state index in [9.17, 15) is 5.11 Å². The molecule has 0 saturated carbocycles. The Morgan fingerprint density at radius 1 is 1.32 bits per heavy atom. The fourth-order valence-corrected chi connectivity index (χ4v) is 1.75. The Morgan fingerprint density at radius 2 is 2.05 bits per heavy atom. The van der Waals surface area contributed by atoms with Gasteiger partial charge in [-0.1, -0.05) is 29.8 Å². The summed E-state index contributed by atoms with van der Waals surface area (Å²) in [6.07, 6.45) is -0.203. The van der Waals surface area contributed by atoms with E-state index in [1.165, 1.54) is 0 Å². The molecule has 0 fully saturated rings. The second kappa shape index (κ2) is 9.28. The molecule has 0 aliphatic heterocycles. The third kappa shape index (κ3) is 7.50. The van der Waals surface area contributed by atoms with Crippen LogP contribution in [0.1, 0.15) is 18.9 Å². The lowest BCUT2D eigenvalue weighted by Crippen LogP contribution is -2.31. The first-order chi connectivity index (χ1) is 9.09. The molecule has 3 N–H and O–H groups in total. The molecule has 0 radical (unpaired) electrons. The van der Waals surface area contributed by atoms with Gasteiger partial charge in [-0.05, 0) is 31.5 Å². The Bertz CT molecular complexity index is 360. The summed E-state index contributed by atoms with van der Waals surface area (Å²) in [5.74, 6) is 0. The van der Waals surface area contributed by atoms with Crippen LogP contribution in [0.4, 0.5) is 0 Å². The standard InChI is InChI=1S/C14H22ClNO3/c1-11(17)6-7-16-8-13(18)10-19-9-12-4-2-3-5-14(12)15/h2-5,11,13,16-18H,6-10H2,1H3. The van der Waals surface area contributed by atoms with E-state index in [0.717, 1.165) is 5.56 Å². The van der Waals surface area contributed by atoms with E-state index in [1.807, 2.05) is 24.3 Å². The molecule has 0 aliphatic rings. The van der Waals surface area contributed by atoms with Crippen molar-refractivity contribution in [2.75, 3.05) is 19.7 Å². The number of hydrogen-bond donors (Lipinski definition) is 3. The van der Waals surface area contributed by atoms with E-state index in [1.54, 1.807) is 6.92 Å². The Hall–Kier alpha value is -0.650. The molecule has 0 aliphatic carbocycles. The molecule has 0 aromatic heterocycles. The predicted octanol–water partition coefficient (Wildman–Crippen LogP) is 1.58. The largest absolute Gasteiger partial charge is 0.393 e. The minimum Gasteiger partial charge on any atom is -0.393 e. The first kappa shape index (κ1) is 16.4. The highest BCUT2D eigenvalue weighted by molar-refractivity contribution is 6.31. The van der Waals surface area contributed by atoms with Crippen LogP contribution in [0, 0.1) is 0 Å². The van der Waals surface area contributed by atoms with Crippen molar-refractivity contribution in [1.29, 1.82) is 0 Å². The molecule has 2 atom stereocenters. The molecule has 0 bridgehead atoms. The number of aliphatic hydroxyl groups is 2. The molecule has 1 rings (SSSR count). The lowest BCUT2D eigenvalue weighted by molar-refractivity contribution is 0.0286. The normalized spacial score (nSPS) is 14.3. The molecule has 0 saturated heterocycles. The summed E-state index contributed by atoms with van der Waals surface area (Å²) in [5, 5.41) is 22.5. The van der Waals surface area contributed by atoms with Gasteiger partial charge >= 0.3 is 0 Å². The number of halogens is 1. The smallest absolute Gasteiger partial charge is 0.0897 e. The van der Waals surface area contributed by atoms with Crippen LogP contribution in [0.25, 0.3) is 0 Å². The zero-order valence-electron chi connectivity index (χ0n) is 11.2. The highest BCUT2D eigenvalue weighted by Crippen LogP contribution is 2.15. The maximum absolute atomic E-state index is 9.68. The van der Waals surface area contributed by atoms with Crippen molar-refractivity contribution < 1.29 is 14.9 Å². The van der Waals surface area contributed by atoms with Crippen molar-refractivity contribution in [2.24, 2.45) is 0 Å². The quantitative estimate of drug-likeness (QED) is 0.604. The van der Waals surface area contributed by atoms with E-state index >= 15 is 0 Å². The molecule has 5 heteroatoms. The van der Waals surface area contributed by atoms with Crippen molar-refractivity contribution in [3.8, 4) is 0 Å². The van der Waals surface area contributed by atoms with E-state index in [-0.39, 0.29) is 12.7 Å². The van der Waals surface area contributed by atoms with Gasteiger partial charge in [0.05, 0.1) is 25.4 Å². The summed E-state index contributed by atoms with van der Waals surface area (Å²) < 4.78 is 5.42. The molecule has 108 valence electrons. The van der Waals surface area contributed by atoms with E-state index in [2.05, 4.69) is 5.32 Å². The second-order valence-electron chi connectivity index (χ2n) is 4.60. The van der Waals surface area contributed by atoms with Crippen LogP contribution < -0.4 is 5.32 Å². The van der Waals surface area contributed by atoms with Gasteiger partial charge in [0.1, 0.15) is 0 Å². The fraction of sp³-hybridized carbons (Fsp3) is 0.571. The van der Waals surface area contributed by atoms with Crippen molar-refractivity contribution >= 4 is 11.6 Å². The number of benzene rings is 1. The van der Waals surface area contributed by atoms with Crippen LogP contribution in [0.15, 0.2) is 24.3 Å². The molecule has 0 spiro atoms. The number of aliphatic hydroxyl groups excluding tert-OH is 2. The van der Waals surface area contributed by atoms with Gasteiger partial charge in [-0.25, -0.2) is 0 Å². The summed E-state index contributed by atoms with van der Waals surface area (Å²) in [6.45, 7) is 3.52. The maximum Gasteiger partial charge on any atom is 0.0897 e. The third-order valence-electron chi connectivity index (χ3n) is 2.64. The lowest BCUT2D eigenvalue weighted by atomic mass is 10.2. The first-order valence-electron chi connectivity index (χ1n) is 6.47. The molecule has 2 unspecified atom stereocenters. The van der Waals surface area contributed by atoms with E-state index in [0.29, 0.717) is 31.1 Å². The van der Waals surface area contributed by atoms with Crippen LogP contribution in [0.2, 0.25) is 5.02 Å². The zero-order chi connectivity index (χ0) is 14.1. The summed E-state index contributed by atoms with van der Waals surface area (Å²) in [6, 6.07) is 7.48. The van der Waals surface area contributed by atoms with Crippen molar-refractivity contribution in [3.05, 3.63) is 34.9 Å². The summed E-state index contributed by atoms with van der Waals surface area (Å²) >= 11 is 5.99. The van der Waals surface area contributed by atoms with Crippen LogP contribution in [0.3, 0.4) is 0 Å². The van der Waals surface area contributed by atoms with Gasteiger partial charge in [-0.15, -0.1) is 0 Å². The van der Waals surface area contributed by atoms with E-state index < -0.39 is 6.10 Å². The first-order valence-corrected chi connectivity index (χ1v) is 6.85. The average molecular weight is 288 g/mol. The van der Waals surface area contributed by atoms with Crippen molar-refractivity contribution in [3.63, 3.8) is 0 Å². The molecule has 4 nitrogen and oxygen atoms in total. The third-order valence-corrected chi connectivity index (χ3v) is 3.01. The number of rotatable bonds is 9. The fourth-order valence-electron chi connectivity index (χ4n) is 1.56. The van der Waals surface area contributed by atoms with Crippen molar-refractivity contribution in [2.45, 2.75) is 32.2 Å². The second-order valence-corrected chi connectivity index (χ2v) is 5.01. The Balaban J connectivity index is 2.10. The number of hydrogen-bond acceptors (Lipinski definition) is 4. The molecule has 0 amide bonds. The molecular weight excluding hydrogens is 266 g/mol. The molecule has 19 heavy (non-hydrogen) atoms. The lowest BCUT2D eigenvalue weighted by Gasteiger charge is -2.13. The minimum absolute atomic E-state index is 0.257. The molecular formula is C14H22ClNO3. The maximum atomic E-state index is 9.68. The van der Waals surface area contributed by atoms with Crippen LogP contribution in [0.5, 0.6) is 0 Å². The van der Waals surface area contributed by atoms with Crippen LogP contribution in [-0.4, -0.2) is 42.1 Å². The average Bonchev–Trinajstić information content (AvgIpc) is 2.37. The summed E-state index contributed by atoms with van der Waals surface area (Å²) in [7, 11) is 0. The number of ether oxygens (including phenoxy) is 1. The predicted molar refractivity (Wildman–Crippen MR) is 76.3 cm³/mol. The Kier molecular flexibility index (Phi) is 8.02. The molecule has 1 aromatic rings. The van der Waals surface area contributed by atoms with Gasteiger partial charge in [-0.3, -0.25) is 0 Å².